The smallest absolute Gasteiger partial charge is 0.191 e. The van der Waals surface area contributed by atoms with Crippen molar-refractivity contribution >= 4 is 29.9 Å². The lowest BCUT2D eigenvalue weighted by Gasteiger charge is -2.29. The topological polar surface area (TPSA) is 69.1 Å². The Morgan fingerprint density at radius 2 is 1.84 bits per heavy atom. The Balaban J connectivity index is 0.00000312. The lowest BCUT2D eigenvalue weighted by Crippen LogP contribution is -2.38. The van der Waals surface area contributed by atoms with Crippen molar-refractivity contribution in [1.82, 2.24) is 15.5 Å². The van der Waals surface area contributed by atoms with Crippen LogP contribution in [0.25, 0.3) is 0 Å². The predicted octanol–water partition coefficient (Wildman–Crippen LogP) is 1.57. The van der Waals surface area contributed by atoms with E-state index in [9.17, 15) is 5.11 Å². The van der Waals surface area contributed by atoms with Gasteiger partial charge in [-0.05, 0) is 24.0 Å². The molecule has 3 N–H and O–H groups in total. The number of halogens is 1. The molecule has 1 aromatic carbocycles. The largest absolute Gasteiger partial charge is 0.393 e. The van der Waals surface area contributed by atoms with Gasteiger partial charge in [0.1, 0.15) is 0 Å². The second-order valence-electron chi connectivity index (χ2n) is 6.17. The highest BCUT2D eigenvalue weighted by atomic mass is 127. The van der Waals surface area contributed by atoms with Crippen LogP contribution in [0, 0.1) is 0 Å². The molecule has 1 heterocycles. The van der Waals surface area contributed by atoms with Crippen molar-refractivity contribution in [2.45, 2.75) is 32.0 Å². The maximum absolute atomic E-state index is 9.57. The quantitative estimate of drug-likeness (QED) is 0.249. The van der Waals surface area contributed by atoms with Crippen molar-refractivity contribution < 1.29 is 9.84 Å². The van der Waals surface area contributed by atoms with E-state index in [1.54, 1.807) is 14.2 Å². The zero-order valence-corrected chi connectivity index (χ0v) is 17.5. The summed E-state index contributed by atoms with van der Waals surface area (Å²) in [6, 6.07) is 8.68. The molecule has 0 spiro atoms. The van der Waals surface area contributed by atoms with E-state index in [1.165, 1.54) is 11.1 Å². The average molecular weight is 462 g/mol. The highest BCUT2D eigenvalue weighted by Gasteiger charge is 2.16. The van der Waals surface area contributed by atoms with Crippen LogP contribution in [-0.2, 0) is 17.8 Å². The Labute approximate surface area is 168 Å². The van der Waals surface area contributed by atoms with Gasteiger partial charge in [-0.3, -0.25) is 9.89 Å². The van der Waals surface area contributed by atoms with Crippen molar-refractivity contribution in [1.29, 1.82) is 0 Å². The molecule has 0 atom stereocenters. The molecule has 142 valence electrons. The Morgan fingerprint density at radius 1 is 1.20 bits per heavy atom. The molecule has 0 aliphatic carbocycles. The van der Waals surface area contributed by atoms with Crippen LogP contribution in [0.1, 0.15) is 24.0 Å². The Morgan fingerprint density at radius 3 is 2.44 bits per heavy atom. The first-order valence-corrected chi connectivity index (χ1v) is 8.63. The van der Waals surface area contributed by atoms with Crippen molar-refractivity contribution in [2.75, 3.05) is 40.4 Å². The van der Waals surface area contributed by atoms with Gasteiger partial charge in [-0.1, -0.05) is 24.3 Å². The fraction of sp³-hybridized carbons (Fsp3) is 0.611. The molecule has 1 saturated heterocycles. The monoisotopic (exact) mass is 462 g/mol. The third-order valence-electron chi connectivity index (χ3n) is 4.27. The number of nitrogens with one attached hydrogen (secondary N) is 2. The van der Waals surface area contributed by atoms with E-state index < -0.39 is 0 Å². The first-order valence-electron chi connectivity index (χ1n) is 8.63. The molecule has 6 nitrogen and oxygen atoms in total. The third-order valence-corrected chi connectivity index (χ3v) is 4.27. The number of ether oxygens (including phenoxy) is 1. The number of benzene rings is 1. The van der Waals surface area contributed by atoms with Crippen LogP contribution < -0.4 is 10.6 Å². The van der Waals surface area contributed by atoms with Gasteiger partial charge in [-0.15, -0.1) is 24.0 Å². The number of aliphatic imine (C=N–C) groups is 1. The minimum Gasteiger partial charge on any atom is -0.393 e. The fourth-order valence-electron chi connectivity index (χ4n) is 2.78. The number of aliphatic hydroxyl groups excluding tert-OH is 1. The summed E-state index contributed by atoms with van der Waals surface area (Å²) in [6.07, 6.45) is 1.66. The molecule has 0 radical (unpaired) electrons. The standard InChI is InChI=1S/C18H30N4O2.HI/c1-19-18(20-9-12-24-2)21-13-15-3-5-16(6-4-15)14-22-10-7-17(23)8-11-22;/h3-6,17,23H,7-14H2,1-2H3,(H2,19,20,21);1H. The van der Waals surface area contributed by atoms with Gasteiger partial charge >= 0.3 is 0 Å². The molecule has 7 heteroatoms. The first-order chi connectivity index (χ1) is 11.7. The van der Waals surface area contributed by atoms with Crippen molar-refractivity contribution in [3.63, 3.8) is 0 Å². The summed E-state index contributed by atoms with van der Waals surface area (Å²) in [5, 5.41) is 16.1. The number of nitrogens with zero attached hydrogens (tertiary/aromatic N) is 2. The summed E-state index contributed by atoms with van der Waals surface area (Å²) < 4.78 is 5.02. The minimum atomic E-state index is -0.110. The highest BCUT2D eigenvalue weighted by molar-refractivity contribution is 14.0. The fourth-order valence-corrected chi connectivity index (χ4v) is 2.78. The summed E-state index contributed by atoms with van der Waals surface area (Å²) in [6.45, 7) is 5.05. The van der Waals surface area contributed by atoms with Crippen LogP contribution in [-0.4, -0.2) is 62.5 Å². The molecule has 1 aromatic rings. The second kappa shape index (κ2) is 12.5. The first kappa shape index (κ1) is 22.1. The van der Waals surface area contributed by atoms with Crippen LogP contribution in [0.3, 0.4) is 0 Å². The van der Waals surface area contributed by atoms with Gasteiger partial charge in [0.05, 0.1) is 12.7 Å². The second-order valence-corrected chi connectivity index (χ2v) is 6.17. The maximum atomic E-state index is 9.57. The van der Waals surface area contributed by atoms with E-state index in [2.05, 4.69) is 44.8 Å². The van der Waals surface area contributed by atoms with Gasteiger partial charge in [-0.25, -0.2) is 0 Å². The molecule has 0 aromatic heterocycles. The molecule has 1 aliphatic rings. The third kappa shape index (κ3) is 8.35. The van der Waals surface area contributed by atoms with Gasteiger partial charge in [0, 0.05) is 46.9 Å². The number of rotatable bonds is 7. The highest BCUT2D eigenvalue weighted by Crippen LogP contribution is 2.14. The summed E-state index contributed by atoms with van der Waals surface area (Å²) in [5.41, 5.74) is 2.54. The molecule has 1 aliphatic heterocycles. The number of hydrogen-bond acceptors (Lipinski definition) is 4. The molecule has 0 amide bonds. The minimum absolute atomic E-state index is 0. The number of piperidine rings is 1. The summed E-state index contributed by atoms with van der Waals surface area (Å²) in [4.78, 5) is 6.59. The van der Waals surface area contributed by atoms with E-state index >= 15 is 0 Å². The number of hydrogen-bond donors (Lipinski definition) is 3. The van der Waals surface area contributed by atoms with E-state index in [4.69, 9.17) is 4.74 Å². The number of methoxy groups -OCH3 is 1. The molecule has 1 fully saturated rings. The normalized spacial score (nSPS) is 16.4. The van der Waals surface area contributed by atoms with Crippen LogP contribution >= 0.6 is 24.0 Å². The zero-order valence-electron chi connectivity index (χ0n) is 15.2. The summed E-state index contributed by atoms with van der Waals surface area (Å²) in [5.74, 6) is 0.781. The van der Waals surface area contributed by atoms with Crippen LogP contribution in [0.5, 0.6) is 0 Å². The average Bonchev–Trinajstić information content (AvgIpc) is 2.61. The Bertz CT molecular complexity index is 502. The molecular weight excluding hydrogens is 431 g/mol. The van der Waals surface area contributed by atoms with Gasteiger partial charge < -0.3 is 20.5 Å². The Kier molecular flexibility index (Phi) is 11.0. The summed E-state index contributed by atoms with van der Waals surface area (Å²) in [7, 11) is 3.45. The van der Waals surface area contributed by atoms with E-state index in [0.717, 1.165) is 51.5 Å². The van der Waals surface area contributed by atoms with E-state index in [1.807, 2.05) is 0 Å². The maximum Gasteiger partial charge on any atom is 0.191 e. The van der Waals surface area contributed by atoms with Crippen LogP contribution in [0.2, 0.25) is 0 Å². The van der Waals surface area contributed by atoms with E-state index in [0.29, 0.717) is 6.61 Å². The van der Waals surface area contributed by atoms with Gasteiger partial charge in [0.25, 0.3) is 0 Å². The predicted molar refractivity (Wildman–Crippen MR) is 112 cm³/mol. The Hall–Kier alpha value is -0.900. The van der Waals surface area contributed by atoms with Crippen LogP contribution in [0.4, 0.5) is 0 Å². The van der Waals surface area contributed by atoms with Crippen molar-refractivity contribution in [3.8, 4) is 0 Å². The van der Waals surface area contributed by atoms with Gasteiger partial charge in [0.15, 0.2) is 5.96 Å². The van der Waals surface area contributed by atoms with Crippen LogP contribution in [0.15, 0.2) is 29.3 Å². The molecule has 0 saturated carbocycles. The van der Waals surface area contributed by atoms with Gasteiger partial charge in [-0.2, -0.15) is 0 Å². The van der Waals surface area contributed by atoms with Crippen molar-refractivity contribution in [3.05, 3.63) is 35.4 Å². The van der Waals surface area contributed by atoms with Crippen molar-refractivity contribution in [2.24, 2.45) is 4.99 Å². The lowest BCUT2D eigenvalue weighted by atomic mass is 10.1. The van der Waals surface area contributed by atoms with E-state index in [-0.39, 0.29) is 30.1 Å². The summed E-state index contributed by atoms with van der Waals surface area (Å²) >= 11 is 0. The molecule has 25 heavy (non-hydrogen) atoms. The SMILES string of the molecule is CN=C(NCCOC)NCc1ccc(CN2CCC(O)CC2)cc1.I. The number of likely N-dealkylation sites (tertiary alicyclic amines) is 1. The molecule has 0 bridgehead atoms. The number of aliphatic hydroxyl groups is 1. The molecular formula is C18H31IN4O2. The number of guanidine groups is 1. The molecule has 0 unspecified atom stereocenters. The zero-order chi connectivity index (χ0) is 17.2. The molecule has 2 rings (SSSR count). The lowest BCUT2D eigenvalue weighted by molar-refractivity contribution is 0.0792. The van der Waals surface area contributed by atoms with Gasteiger partial charge in [0.2, 0.25) is 0 Å².